The minimum Gasteiger partial charge on any atom is -0.330 e. The summed E-state index contributed by atoms with van der Waals surface area (Å²) in [4.78, 5) is 5.00. The summed E-state index contributed by atoms with van der Waals surface area (Å²) in [6, 6.07) is 33.4. The molecule has 0 radical (unpaired) electrons. The van der Waals surface area contributed by atoms with Gasteiger partial charge in [0, 0.05) is 5.56 Å². The maximum absolute atomic E-state index is 13.7. The molecule has 4 nitrogen and oxygen atoms in total. The molecular weight excluding hydrogens is 440 g/mol. The van der Waals surface area contributed by atoms with E-state index >= 15 is 0 Å². The average Bonchev–Trinajstić information content (AvgIpc) is 2.86. The fourth-order valence-electron chi connectivity index (χ4n) is 3.35. The molecule has 5 heteroatoms. The van der Waals surface area contributed by atoms with E-state index in [1.807, 2.05) is 92.7 Å². The molecule has 0 aromatic heterocycles. The zero-order valence-electron chi connectivity index (χ0n) is 19.1. The van der Waals surface area contributed by atoms with E-state index in [4.69, 9.17) is 4.99 Å². The lowest BCUT2D eigenvalue weighted by Gasteiger charge is -2.15. The van der Waals surface area contributed by atoms with Crippen molar-refractivity contribution in [1.82, 2.24) is 5.32 Å². The number of nitrogens with zero attached hydrogens (tertiary/aromatic N) is 1. The van der Waals surface area contributed by atoms with E-state index in [0.29, 0.717) is 5.84 Å². The van der Waals surface area contributed by atoms with Gasteiger partial charge in [-0.3, -0.25) is 0 Å². The third-order valence-electron chi connectivity index (χ3n) is 5.28. The van der Waals surface area contributed by atoms with Crippen LogP contribution in [0.4, 0.5) is 5.69 Å². The van der Waals surface area contributed by atoms with Gasteiger partial charge >= 0.3 is 0 Å². The van der Waals surface area contributed by atoms with Crippen molar-refractivity contribution in [2.75, 3.05) is 0 Å². The molecule has 170 valence electrons. The van der Waals surface area contributed by atoms with Crippen molar-refractivity contribution in [3.63, 3.8) is 0 Å². The fourth-order valence-corrected chi connectivity index (χ4v) is 4.64. The first-order valence-corrected chi connectivity index (χ1v) is 12.5. The Morgan fingerprint density at radius 3 is 1.82 bits per heavy atom. The maximum atomic E-state index is 13.7. The van der Waals surface area contributed by atoms with Crippen molar-refractivity contribution in [1.29, 1.82) is 0 Å². The topological polar surface area (TPSA) is 58.5 Å². The summed E-state index contributed by atoms with van der Waals surface area (Å²) in [7, 11) is -3.84. The molecule has 4 rings (SSSR count). The predicted molar refractivity (Wildman–Crippen MR) is 140 cm³/mol. The Labute approximate surface area is 201 Å². The van der Waals surface area contributed by atoms with Gasteiger partial charge in [-0.1, -0.05) is 96.1 Å². The van der Waals surface area contributed by atoms with Crippen LogP contribution in [0, 0.1) is 13.8 Å². The van der Waals surface area contributed by atoms with Gasteiger partial charge in [0.1, 0.15) is 10.9 Å². The molecule has 0 spiro atoms. The molecule has 0 amide bonds. The Hall–Kier alpha value is -3.96. The van der Waals surface area contributed by atoms with E-state index in [0.717, 1.165) is 27.9 Å². The van der Waals surface area contributed by atoms with Gasteiger partial charge in [0.15, 0.2) is 0 Å². The summed E-state index contributed by atoms with van der Waals surface area (Å²) < 4.78 is 27.3. The van der Waals surface area contributed by atoms with Crippen LogP contribution in [-0.2, 0) is 9.84 Å². The lowest BCUT2D eigenvalue weighted by molar-refractivity contribution is 0.600. The highest BCUT2D eigenvalue weighted by Crippen LogP contribution is 2.22. The molecule has 0 aliphatic rings. The van der Waals surface area contributed by atoms with Crippen molar-refractivity contribution < 1.29 is 8.42 Å². The number of sulfone groups is 1. The first-order valence-electron chi connectivity index (χ1n) is 11.0. The second-order valence-electron chi connectivity index (χ2n) is 8.02. The molecule has 0 fully saturated rings. The van der Waals surface area contributed by atoms with Gasteiger partial charge in [-0.15, -0.1) is 0 Å². The Bertz CT molecular complexity index is 1410. The van der Waals surface area contributed by atoms with Gasteiger partial charge in [0.05, 0.1) is 10.6 Å². The summed E-state index contributed by atoms with van der Waals surface area (Å²) in [6.45, 7) is 4.02. The average molecular weight is 467 g/mol. The standard InChI is InChI=1S/C29H26N2O2S/c1-22-13-17-25(18-14-22)29(30-26-19-15-23(2)16-20-26)31-28(21-24-9-5-3-6-10-24)34(32,33)27-11-7-4-8-12-27/h3-21H,1-2H3,(H,30,31)/b28-21+. The van der Waals surface area contributed by atoms with Crippen molar-refractivity contribution >= 4 is 27.4 Å². The molecule has 0 atom stereocenters. The second kappa shape index (κ2) is 10.3. The molecular formula is C29H26N2O2S. The molecule has 4 aromatic carbocycles. The van der Waals surface area contributed by atoms with Crippen LogP contribution in [0.2, 0.25) is 0 Å². The number of aryl methyl sites for hydroxylation is 2. The normalized spacial score (nSPS) is 12.4. The highest BCUT2D eigenvalue weighted by Gasteiger charge is 2.22. The van der Waals surface area contributed by atoms with Gasteiger partial charge in [-0.25, -0.2) is 13.4 Å². The van der Waals surface area contributed by atoms with E-state index in [9.17, 15) is 8.42 Å². The van der Waals surface area contributed by atoms with E-state index in [-0.39, 0.29) is 9.92 Å². The largest absolute Gasteiger partial charge is 0.330 e. The number of amidine groups is 1. The number of hydrogen-bond acceptors (Lipinski definition) is 3. The SMILES string of the molecule is Cc1ccc(N=C(N/C(=C\c2ccccc2)S(=O)(=O)c2ccccc2)c2ccc(C)cc2)cc1. The molecule has 0 heterocycles. The van der Waals surface area contributed by atoms with Crippen LogP contribution in [0.25, 0.3) is 6.08 Å². The lowest BCUT2D eigenvalue weighted by Crippen LogP contribution is -2.28. The quantitative estimate of drug-likeness (QED) is 0.263. The Morgan fingerprint density at radius 2 is 1.24 bits per heavy atom. The Kier molecular flexibility index (Phi) is 7.04. The summed E-state index contributed by atoms with van der Waals surface area (Å²) >= 11 is 0. The zero-order valence-corrected chi connectivity index (χ0v) is 20.0. The fraction of sp³-hybridized carbons (Fsp3) is 0.0690. The zero-order chi connectivity index (χ0) is 24.0. The van der Waals surface area contributed by atoms with Gasteiger partial charge in [-0.05, 0) is 49.8 Å². The van der Waals surface area contributed by atoms with Crippen molar-refractivity contribution in [2.24, 2.45) is 4.99 Å². The summed E-state index contributed by atoms with van der Waals surface area (Å²) in [5, 5.41) is 3.22. The van der Waals surface area contributed by atoms with Gasteiger partial charge < -0.3 is 5.32 Å². The van der Waals surface area contributed by atoms with E-state index in [2.05, 4.69) is 5.32 Å². The molecule has 0 saturated carbocycles. The van der Waals surface area contributed by atoms with E-state index in [1.54, 1.807) is 36.4 Å². The van der Waals surface area contributed by atoms with Crippen molar-refractivity contribution in [3.05, 3.63) is 136 Å². The van der Waals surface area contributed by atoms with Crippen LogP contribution >= 0.6 is 0 Å². The van der Waals surface area contributed by atoms with Crippen LogP contribution in [-0.4, -0.2) is 14.3 Å². The second-order valence-corrected chi connectivity index (χ2v) is 9.94. The van der Waals surface area contributed by atoms with Crippen LogP contribution in [0.3, 0.4) is 0 Å². The van der Waals surface area contributed by atoms with Gasteiger partial charge in [0.25, 0.3) is 0 Å². The van der Waals surface area contributed by atoms with Crippen LogP contribution < -0.4 is 5.32 Å². The van der Waals surface area contributed by atoms with Crippen LogP contribution in [0.1, 0.15) is 22.3 Å². The third kappa shape index (κ3) is 5.69. The van der Waals surface area contributed by atoms with Crippen molar-refractivity contribution in [2.45, 2.75) is 18.7 Å². The Balaban J connectivity index is 1.85. The predicted octanol–water partition coefficient (Wildman–Crippen LogP) is 6.44. The summed E-state index contributed by atoms with van der Waals surface area (Å²) in [6.07, 6.45) is 1.64. The van der Waals surface area contributed by atoms with Crippen molar-refractivity contribution in [3.8, 4) is 0 Å². The molecule has 0 bridgehead atoms. The van der Waals surface area contributed by atoms with Crippen LogP contribution in [0.15, 0.2) is 124 Å². The number of benzene rings is 4. The first-order chi connectivity index (χ1) is 16.4. The van der Waals surface area contributed by atoms with Crippen LogP contribution in [0.5, 0.6) is 0 Å². The van der Waals surface area contributed by atoms with Gasteiger partial charge in [0.2, 0.25) is 9.84 Å². The van der Waals surface area contributed by atoms with E-state index < -0.39 is 9.84 Å². The summed E-state index contributed by atoms with van der Waals surface area (Å²) in [5.74, 6) is 0.450. The molecule has 0 aliphatic carbocycles. The highest BCUT2D eigenvalue weighted by atomic mass is 32.2. The highest BCUT2D eigenvalue weighted by molar-refractivity contribution is 7.95. The monoisotopic (exact) mass is 466 g/mol. The minimum atomic E-state index is -3.84. The summed E-state index contributed by atoms with van der Waals surface area (Å²) in [5.41, 5.74) is 4.51. The number of rotatable bonds is 6. The van der Waals surface area contributed by atoms with E-state index in [1.165, 1.54) is 0 Å². The molecule has 0 aliphatic heterocycles. The molecule has 4 aromatic rings. The number of hydrogen-bond donors (Lipinski definition) is 1. The molecule has 0 saturated heterocycles. The van der Waals surface area contributed by atoms with Gasteiger partial charge in [-0.2, -0.15) is 0 Å². The number of aliphatic imine (C=N–C) groups is 1. The third-order valence-corrected chi connectivity index (χ3v) is 6.97. The smallest absolute Gasteiger partial charge is 0.221 e. The lowest BCUT2D eigenvalue weighted by atomic mass is 10.1. The minimum absolute atomic E-state index is 0.0522. The number of nitrogens with one attached hydrogen (secondary N) is 1. The Morgan fingerprint density at radius 1 is 0.706 bits per heavy atom. The molecule has 0 unspecified atom stereocenters. The first kappa shape index (κ1) is 23.2. The maximum Gasteiger partial charge on any atom is 0.221 e. The molecule has 34 heavy (non-hydrogen) atoms. The molecule has 1 N–H and O–H groups in total.